The Morgan fingerprint density at radius 1 is 1.22 bits per heavy atom. The molecule has 2 aromatic rings. The number of carbonyl (C=O) groups excluding carboxylic acids is 1. The van der Waals surface area contributed by atoms with Gasteiger partial charge in [0.2, 0.25) is 5.88 Å². The normalized spacial score (nSPS) is 12.3. The third-order valence-corrected chi connectivity index (χ3v) is 3.71. The summed E-state index contributed by atoms with van der Waals surface area (Å²) in [5.74, 6) is -2.24. The molecule has 1 amide bonds. The first-order valence-electron chi connectivity index (χ1n) is 7.87. The van der Waals surface area contributed by atoms with E-state index in [1.165, 1.54) is 13.1 Å². The van der Waals surface area contributed by atoms with Gasteiger partial charge in [0.1, 0.15) is 6.04 Å². The number of carbonyl (C=O) groups is 2. The van der Waals surface area contributed by atoms with Crippen LogP contribution >= 0.6 is 0 Å². The summed E-state index contributed by atoms with van der Waals surface area (Å²) in [5.41, 5.74) is 0.706. The number of nitrogens with zero attached hydrogens (tertiary/aromatic N) is 2. The fourth-order valence-corrected chi connectivity index (χ4v) is 2.35. The van der Waals surface area contributed by atoms with Gasteiger partial charge in [0.15, 0.2) is 6.61 Å². The highest BCUT2D eigenvalue weighted by molar-refractivity contribution is 5.96. The smallest absolute Gasteiger partial charge is 0.422 e. The third-order valence-electron chi connectivity index (χ3n) is 3.71. The standard InChI is InChI=1S/C18H17F3N2O4/c1-23(14(17(25)26)9-12-5-3-2-4-6-12)16(24)13-7-8-22-15(10-13)27-11-18(19,20)21/h2-8,10,14H,9,11H2,1H3,(H,25,26). The molecular weight excluding hydrogens is 365 g/mol. The van der Waals surface area contributed by atoms with E-state index in [-0.39, 0.29) is 17.9 Å². The van der Waals surface area contributed by atoms with Gasteiger partial charge in [-0.05, 0) is 11.6 Å². The molecule has 1 unspecified atom stereocenters. The Hall–Kier alpha value is -3.10. The Kier molecular flexibility index (Phi) is 6.38. The molecule has 2 rings (SSSR count). The molecule has 9 heteroatoms. The molecule has 0 bridgehead atoms. The maximum Gasteiger partial charge on any atom is 0.422 e. The van der Waals surface area contributed by atoms with Crippen molar-refractivity contribution in [1.29, 1.82) is 0 Å². The van der Waals surface area contributed by atoms with Crippen molar-refractivity contribution in [3.63, 3.8) is 0 Å². The molecule has 1 N–H and O–H groups in total. The number of hydrogen-bond acceptors (Lipinski definition) is 4. The lowest BCUT2D eigenvalue weighted by molar-refractivity contribution is -0.154. The summed E-state index contributed by atoms with van der Waals surface area (Å²) in [7, 11) is 1.32. The lowest BCUT2D eigenvalue weighted by atomic mass is 10.0. The van der Waals surface area contributed by atoms with Crippen molar-refractivity contribution < 1.29 is 32.6 Å². The lowest BCUT2D eigenvalue weighted by Gasteiger charge is -2.25. The molecule has 0 saturated heterocycles. The monoisotopic (exact) mass is 382 g/mol. The minimum Gasteiger partial charge on any atom is -0.480 e. The van der Waals surface area contributed by atoms with Gasteiger partial charge in [-0.25, -0.2) is 9.78 Å². The van der Waals surface area contributed by atoms with E-state index in [1.54, 1.807) is 30.3 Å². The first kappa shape index (κ1) is 20.2. The highest BCUT2D eigenvalue weighted by Crippen LogP contribution is 2.19. The molecule has 1 aromatic carbocycles. The van der Waals surface area contributed by atoms with Crippen LogP contribution in [0.4, 0.5) is 13.2 Å². The summed E-state index contributed by atoms with van der Waals surface area (Å²) in [4.78, 5) is 28.8. The van der Waals surface area contributed by atoms with Crippen molar-refractivity contribution in [2.45, 2.75) is 18.6 Å². The fourth-order valence-electron chi connectivity index (χ4n) is 2.35. The first-order valence-corrected chi connectivity index (χ1v) is 7.87. The van der Waals surface area contributed by atoms with Crippen molar-refractivity contribution in [3.05, 3.63) is 59.8 Å². The number of hydrogen-bond donors (Lipinski definition) is 1. The number of carboxylic acid groups (broad SMARTS) is 1. The molecule has 1 heterocycles. The minimum atomic E-state index is -4.54. The van der Waals surface area contributed by atoms with Crippen LogP contribution in [0.5, 0.6) is 5.88 Å². The Balaban J connectivity index is 2.15. The number of benzene rings is 1. The van der Waals surface area contributed by atoms with Crippen LogP contribution in [0.15, 0.2) is 48.7 Å². The summed E-state index contributed by atoms with van der Waals surface area (Å²) < 4.78 is 41.2. The maximum absolute atomic E-state index is 12.6. The van der Waals surface area contributed by atoms with E-state index in [1.807, 2.05) is 0 Å². The predicted octanol–water partition coefficient (Wildman–Crippen LogP) is 2.79. The fraction of sp³-hybridized carbons (Fsp3) is 0.278. The Morgan fingerprint density at radius 3 is 2.48 bits per heavy atom. The van der Waals surface area contributed by atoms with Crippen LogP contribution in [-0.4, -0.2) is 52.7 Å². The maximum atomic E-state index is 12.6. The number of halogens is 3. The second kappa shape index (κ2) is 8.52. The quantitative estimate of drug-likeness (QED) is 0.797. The van der Waals surface area contributed by atoms with Gasteiger partial charge >= 0.3 is 12.1 Å². The summed E-state index contributed by atoms with van der Waals surface area (Å²) >= 11 is 0. The van der Waals surface area contributed by atoms with Crippen LogP contribution in [0, 0.1) is 0 Å². The molecule has 1 aromatic heterocycles. The zero-order valence-electron chi connectivity index (χ0n) is 14.3. The Labute approximate surface area is 153 Å². The second-order valence-corrected chi connectivity index (χ2v) is 5.75. The number of amides is 1. The molecule has 144 valence electrons. The summed E-state index contributed by atoms with van der Waals surface area (Å²) in [6, 6.07) is 9.95. The molecule has 1 atom stereocenters. The van der Waals surface area contributed by atoms with Gasteiger partial charge in [-0.2, -0.15) is 13.2 Å². The SMILES string of the molecule is CN(C(=O)c1ccnc(OCC(F)(F)F)c1)C(Cc1ccccc1)C(=O)O. The van der Waals surface area contributed by atoms with Crippen molar-refractivity contribution in [2.75, 3.05) is 13.7 Å². The number of pyridine rings is 1. The van der Waals surface area contributed by atoms with E-state index in [2.05, 4.69) is 9.72 Å². The Bertz CT molecular complexity index is 797. The zero-order chi connectivity index (χ0) is 20.0. The molecular formula is C18H17F3N2O4. The van der Waals surface area contributed by atoms with Gasteiger partial charge in [-0.1, -0.05) is 30.3 Å². The predicted molar refractivity (Wildman–Crippen MR) is 89.5 cm³/mol. The topological polar surface area (TPSA) is 79.7 Å². The molecule has 0 aliphatic heterocycles. The van der Waals surface area contributed by atoms with E-state index in [9.17, 15) is 27.9 Å². The molecule has 0 saturated carbocycles. The summed E-state index contributed by atoms with van der Waals surface area (Å²) in [6.07, 6.45) is -3.33. The van der Waals surface area contributed by atoms with E-state index in [0.717, 1.165) is 22.7 Å². The highest BCUT2D eigenvalue weighted by Gasteiger charge is 2.30. The number of aliphatic carboxylic acids is 1. The van der Waals surface area contributed by atoms with Crippen LogP contribution in [-0.2, 0) is 11.2 Å². The largest absolute Gasteiger partial charge is 0.480 e. The van der Waals surface area contributed by atoms with Gasteiger partial charge in [0.25, 0.3) is 5.91 Å². The van der Waals surface area contributed by atoms with E-state index in [4.69, 9.17) is 0 Å². The lowest BCUT2D eigenvalue weighted by Crippen LogP contribution is -2.43. The minimum absolute atomic E-state index is 0.0241. The molecule has 0 aliphatic carbocycles. The molecule has 6 nitrogen and oxygen atoms in total. The number of rotatable bonds is 7. The van der Waals surface area contributed by atoms with Crippen molar-refractivity contribution in [3.8, 4) is 5.88 Å². The number of aromatic nitrogens is 1. The van der Waals surface area contributed by atoms with Crippen LogP contribution in [0.25, 0.3) is 0 Å². The summed E-state index contributed by atoms with van der Waals surface area (Å²) in [5, 5.41) is 9.47. The first-order chi connectivity index (χ1) is 12.7. The van der Waals surface area contributed by atoms with Crippen molar-refractivity contribution in [1.82, 2.24) is 9.88 Å². The van der Waals surface area contributed by atoms with Gasteiger partial charge in [-0.15, -0.1) is 0 Å². The van der Waals surface area contributed by atoms with Gasteiger partial charge < -0.3 is 14.7 Å². The second-order valence-electron chi connectivity index (χ2n) is 5.75. The van der Waals surface area contributed by atoms with E-state index in [0.29, 0.717) is 0 Å². The number of likely N-dealkylation sites (N-methyl/N-ethyl adjacent to an activating group) is 1. The average Bonchev–Trinajstić information content (AvgIpc) is 2.63. The average molecular weight is 382 g/mol. The van der Waals surface area contributed by atoms with Crippen LogP contribution < -0.4 is 4.74 Å². The molecule has 0 radical (unpaired) electrons. The van der Waals surface area contributed by atoms with Crippen molar-refractivity contribution in [2.24, 2.45) is 0 Å². The van der Waals surface area contributed by atoms with Crippen LogP contribution in [0.1, 0.15) is 15.9 Å². The molecule has 27 heavy (non-hydrogen) atoms. The highest BCUT2D eigenvalue weighted by atomic mass is 19.4. The van der Waals surface area contributed by atoms with Crippen LogP contribution in [0.2, 0.25) is 0 Å². The van der Waals surface area contributed by atoms with Gasteiger partial charge in [0, 0.05) is 31.3 Å². The molecule has 0 fully saturated rings. The van der Waals surface area contributed by atoms with E-state index >= 15 is 0 Å². The van der Waals surface area contributed by atoms with Gasteiger partial charge in [-0.3, -0.25) is 4.79 Å². The van der Waals surface area contributed by atoms with E-state index < -0.39 is 30.7 Å². The Morgan fingerprint density at radius 2 is 1.89 bits per heavy atom. The number of carboxylic acids is 1. The van der Waals surface area contributed by atoms with Gasteiger partial charge in [0.05, 0.1) is 0 Å². The number of alkyl halides is 3. The van der Waals surface area contributed by atoms with Crippen LogP contribution in [0.3, 0.4) is 0 Å². The zero-order valence-corrected chi connectivity index (χ0v) is 14.3. The molecule has 0 aliphatic rings. The summed E-state index contributed by atoms with van der Waals surface area (Å²) in [6.45, 7) is -1.54. The third kappa shape index (κ3) is 5.98. The van der Waals surface area contributed by atoms with Crippen molar-refractivity contribution >= 4 is 11.9 Å². The molecule has 0 spiro atoms. The number of ether oxygens (including phenoxy) is 1.